The van der Waals surface area contributed by atoms with E-state index in [1.807, 2.05) is 23.1 Å². The van der Waals surface area contributed by atoms with Crippen LogP contribution in [0.15, 0.2) is 58.3 Å². The zero-order valence-corrected chi connectivity index (χ0v) is 18.0. The van der Waals surface area contributed by atoms with E-state index in [0.29, 0.717) is 23.9 Å². The molecule has 5 rings (SSSR count). The quantitative estimate of drug-likeness (QED) is 0.447. The smallest absolute Gasteiger partial charge is 0.352 e. The molecular formula is C22H19F2N5O2S. The zero-order valence-electron chi connectivity index (χ0n) is 17.2. The van der Waals surface area contributed by atoms with E-state index in [1.165, 1.54) is 28.9 Å². The van der Waals surface area contributed by atoms with Crippen molar-refractivity contribution in [3.63, 3.8) is 0 Å². The Kier molecular flexibility index (Phi) is 5.09. The van der Waals surface area contributed by atoms with Crippen molar-refractivity contribution >= 4 is 34.0 Å². The third kappa shape index (κ3) is 4.05. The summed E-state index contributed by atoms with van der Waals surface area (Å²) in [5.41, 5.74) is 3.40. The van der Waals surface area contributed by atoms with Crippen LogP contribution in [0.25, 0.3) is 16.7 Å². The van der Waals surface area contributed by atoms with Crippen LogP contribution in [0.2, 0.25) is 0 Å². The van der Waals surface area contributed by atoms with Gasteiger partial charge >= 0.3 is 5.69 Å². The van der Waals surface area contributed by atoms with Gasteiger partial charge in [0.25, 0.3) is 5.92 Å². The van der Waals surface area contributed by atoms with Crippen LogP contribution >= 0.6 is 11.3 Å². The first-order valence-electron chi connectivity index (χ1n) is 10.0. The number of hydrogen-bond acceptors (Lipinski definition) is 7. The second-order valence-corrected chi connectivity index (χ2v) is 8.85. The maximum Gasteiger partial charge on any atom is 0.352 e. The van der Waals surface area contributed by atoms with Gasteiger partial charge in [0.05, 0.1) is 11.4 Å². The first kappa shape index (κ1) is 20.5. The summed E-state index contributed by atoms with van der Waals surface area (Å²) in [7, 11) is 0. The number of benzene rings is 1. The van der Waals surface area contributed by atoms with Crippen molar-refractivity contribution in [1.29, 1.82) is 0 Å². The fourth-order valence-electron chi connectivity index (χ4n) is 3.65. The van der Waals surface area contributed by atoms with Gasteiger partial charge in [-0.2, -0.15) is 4.98 Å². The molecule has 0 aliphatic carbocycles. The van der Waals surface area contributed by atoms with Crippen LogP contribution in [-0.2, 0) is 12.5 Å². The first-order chi connectivity index (χ1) is 15.4. The average Bonchev–Trinajstić information content (AvgIpc) is 3.44. The van der Waals surface area contributed by atoms with E-state index in [2.05, 4.69) is 21.0 Å². The number of anilines is 1. The van der Waals surface area contributed by atoms with Gasteiger partial charge < -0.3 is 9.32 Å². The molecule has 0 spiro atoms. The monoisotopic (exact) mass is 455 g/mol. The molecule has 4 heterocycles. The topological polar surface area (TPSA) is 77.1 Å². The maximum atomic E-state index is 13.4. The molecule has 0 saturated carbocycles. The molecule has 1 aliphatic heterocycles. The minimum atomic E-state index is -2.89. The molecule has 0 atom stereocenters. The van der Waals surface area contributed by atoms with Crippen molar-refractivity contribution in [2.24, 2.45) is 0 Å². The predicted octanol–water partition coefficient (Wildman–Crippen LogP) is 4.29. The van der Waals surface area contributed by atoms with Gasteiger partial charge in [-0.3, -0.25) is 4.57 Å². The lowest BCUT2D eigenvalue weighted by Gasteiger charge is -2.26. The van der Waals surface area contributed by atoms with E-state index >= 15 is 0 Å². The van der Waals surface area contributed by atoms with Gasteiger partial charge in [0.2, 0.25) is 5.95 Å². The molecule has 1 aliphatic rings. The highest BCUT2D eigenvalue weighted by molar-refractivity contribution is 7.12. The summed E-state index contributed by atoms with van der Waals surface area (Å²) in [5.74, 6) is -2.53. The molecule has 0 saturated heterocycles. The molecule has 164 valence electrons. The highest BCUT2D eigenvalue weighted by Crippen LogP contribution is 2.33. The summed E-state index contributed by atoms with van der Waals surface area (Å²) in [5, 5.41) is 0. The Bertz CT molecular complexity index is 1370. The number of oxazole rings is 1. The summed E-state index contributed by atoms with van der Waals surface area (Å²) >= 11 is 0.981. The molecule has 3 aromatic heterocycles. The minimum Gasteiger partial charge on any atom is -0.443 e. The zero-order chi connectivity index (χ0) is 22.3. The lowest BCUT2D eigenvalue weighted by molar-refractivity contribution is 0.0215. The van der Waals surface area contributed by atoms with Crippen LogP contribution in [0.1, 0.15) is 28.7 Å². The molecule has 7 nitrogen and oxygen atoms in total. The van der Waals surface area contributed by atoms with Gasteiger partial charge in [0.15, 0.2) is 12.0 Å². The van der Waals surface area contributed by atoms with Crippen molar-refractivity contribution < 1.29 is 13.2 Å². The molecule has 32 heavy (non-hydrogen) atoms. The van der Waals surface area contributed by atoms with Crippen LogP contribution in [0.4, 0.5) is 14.7 Å². The van der Waals surface area contributed by atoms with Crippen molar-refractivity contribution in [3.8, 4) is 0 Å². The van der Waals surface area contributed by atoms with E-state index in [9.17, 15) is 13.6 Å². The Morgan fingerprint density at radius 3 is 2.81 bits per heavy atom. The SMILES string of the molecule is CC(F)(F)c1ccc(Cn2cnc(N3CC=C(c4ccc5ocnc5c4)CC3)nc2=O)s1. The number of fused-ring (bicyclic) bond motifs is 1. The van der Waals surface area contributed by atoms with Crippen LogP contribution in [-0.4, -0.2) is 32.6 Å². The Balaban J connectivity index is 1.29. The molecule has 0 amide bonds. The summed E-state index contributed by atoms with van der Waals surface area (Å²) in [4.78, 5) is 27.7. The number of alkyl halides is 2. The third-order valence-electron chi connectivity index (χ3n) is 5.37. The fourth-order valence-corrected chi connectivity index (χ4v) is 4.58. The number of hydrogen-bond donors (Lipinski definition) is 0. The Hall–Kier alpha value is -3.40. The minimum absolute atomic E-state index is 0.0308. The van der Waals surface area contributed by atoms with Crippen LogP contribution < -0.4 is 10.6 Å². The Morgan fingerprint density at radius 2 is 2.09 bits per heavy atom. The standard InChI is InChI=1S/C22H19F2N5O2S/c1-22(23,24)19-5-3-16(32-19)11-29-12-25-20(27-21(29)30)28-8-6-14(7-9-28)15-2-4-18-17(10-15)26-13-31-18/h2-6,10,12-13H,7-9,11H2,1H3. The van der Waals surface area contributed by atoms with Crippen molar-refractivity contribution in [2.45, 2.75) is 25.8 Å². The Labute approximate surface area is 185 Å². The summed E-state index contributed by atoms with van der Waals surface area (Å²) in [6.45, 7) is 2.27. The first-order valence-corrected chi connectivity index (χ1v) is 10.9. The molecule has 0 unspecified atom stereocenters. The molecule has 0 radical (unpaired) electrons. The van der Waals surface area contributed by atoms with Crippen LogP contribution in [0.5, 0.6) is 0 Å². The fraction of sp³-hybridized carbons (Fsp3) is 0.273. The van der Waals surface area contributed by atoms with Gasteiger partial charge in [0, 0.05) is 24.9 Å². The second kappa shape index (κ2) is 7.94. The van der Waals surface area contributed by atoms with Crippen LogP contribution in [0.3, 0.4) is 0 Å². The molecule has 10 heteroatoms. The highest BCUT2D eigenvalue weighted by atomic mass is 32.1. The van der Waals surface area contributed by atoms with Crippen molar-refractivity contribution in [2.75, 3.05) is 18.0 Å². The highest BCUT2D eigenvalue weighted by Gasteiger charge is 2.26. The largest absolute Gasteiger partial charge is 0.443 e. The molecule has 0 N–H and O–H groups in total. The average molecular weight is 455 g/mol. The Morgan fingerprint density at radius 1 is 1.22 bits per heavy atom. The van der Waals surface area contributed by atoms with Crippen molar-refractivity contribution in [3.05, 3.63) is 74.9 Å². The molecule has 1 aromatic carbocycles. The number of nitrogens with zero attached hydrogens (tertiary/aromatic N) is 5. The number of rotatable bonds is 5. The van der Waals surface area contributed by atoms with Crippen LogP contribution in [0, 0.1) is 0 Å². The second-order valence-electron chi connectivity index (χ2n) is 7.68. The van der Waals surface area contributed by atoms with Crippen molar-refractivity contribution in [1.82, 2.24) is 19.5 Å². The molecule has 4 aromatic rings. The van der Waals surface area contributed by atoms with E-state index in [1.54, 1.807) is 6.07 Å². The lowest BCUT2D eigenvalue weighted by Crippen LogP contribution is -2.33. The number of halogens is 2. The predicted molar refractivity (Wildman–Crippen MR) is 118 cm³/mol. The van der Waals surface area contributed by atoms with Gasteiger partial charge in [-0.1, -0.05) is 12.1 Å². The van der Waals surface area contributed by atoms with Gasteiger partial charge in [0.1, 0.15) is 11.8 Å². The third-order valence-corrected chi connectivity index (χ3v) is 6.61. The van der Waals surface area contributed by atoms with E-state index in [4.69, 9.17) is 4.42 Å². The van der Waals surface area contributed by atoms with Gasteiger partial charge in [-0.15, -0.1) is 11.3 Å². The molecule has 0 bridgehead atoms. The maximum absolute atomic E-state index is 13.4. The number of aromatic nitrogens is 4. The number of thiophene rings is 1. The lowest BCUT2D eigenvalue weighted by atomic mass is 9.99. The van der Waals surface area contributed by atoms with Gasteiger partial charge in [-0.25, -0.2) is 23.5 Å². The molecule has 0 fully saturated rings. The van der Waals surface area contributed by atoms with E-state index in [-0.39, 0.29) is 11.4 Å². The summed E-state index contributed by atoms with van der Waals surface area (Å²) in [6.07, 6.45) is 5.73. The molecular weight excluding hydrogens is 436 g/mol. The van der Waals surface area contributed by atoms with E-state index in [0.717, 1.165) is 41.3 Å². The normalized spacial score (nSPS) is 14.7. The van der Waals surface area contributed by atoms with Gasteiger partial charge in [-0.05, 0) is 41.8 Å². The summed E-state index contributed by atoms with van der Waals surface area (Å²) < 4.78 is 33.5. The summed E-state index contributed by atoms with van der Waals surface area (Å²) in [6, 6.07) is 8.91. The van der Waals surface area contributed by atoms with E-state index < -0.39 is 11.6 Å².